The van der Waals surface area contributed by atoms with Gasteiger partial charge in [0, 0.05) is 66.0 Å². The Bertz CT molecular complexity index is 527. The maximum Gasteiger partial charge on any atom is 0.223 e. The second-order valence-electron chi connectivity index (χ2n) is 6.70. The van der Waals surface area contributed by atoms with Gasteiger partial charge >= 0.3 is 0 Å². The highest BCUT2D eigenvalue weighted by atomic mass is 16.5. The molecule has 24 heavy (non-hydrogen) atoms. The Labute approximate surface area is 144 Å². The van der Waals surface area contributed by atoms with Gasteiger partial charge in [-0.05, 0) is 13.0 Å². The summed E-state index contributed by atoms with van der Waals surface area (Å²) in [5, 5.41) is 9.75. The molecule has 0 unspecified atom stereocenters. The van der Waals surface area contributed by atoms with Gasteiger partial charge in [0.2, 0.25) is 5.95 Å². The van der Waals surface area contributed by atoms with Crippen LogP contribution in [0.1, 0.15) is 0 Å². The van der Waals surface area contributed by atoms with E-state index in [2.05, 4.69) is 26.8 Å². The molecule has 1 fully saturated rings. The number of aliphatic hydroxyl groups excluding tert-OH is 1. The number of nitrogens with zero attached hydrogens (tertiary/aromatic N) is 5. The highest BCUT2D eigenvalue weighted by Gasteiger charge is 2.34. The Balaban J connectivity index is 2.08. The Morgan fingerprint density at radius 2 is 2.00 bits per heavy atom. The molecule has 8 nitrogen and oxygen atoms in total. The van der Waals surface area contributed by atoms with Crippen LogP contribution < -0.4 is 15.5 Å². The number of anilines is 3. The number of hydrogen-bond acceptors (Lipinski definition) is 8. The highest BCUT2D eigenvalue weighted by Crippen LogP contribution is 2.29. The predicted octanol–water partition coefficient (Wildman–Crippen LogP) is -0.252. The van der Waals surface area contributed by atoms with E-state index < -0.39 is 0 Å². The molecule has 136 valence electrons. The van der Waals surface area contributed by atoms with Gasteiger partial charge in [0.05, 0.1) is 6.61 Å². The number of likely N-dealkylation sites (N-methyl/N-ethyl adjacent to an activating group) is 1. The van der Waals surface area contributed by atoms with Crippen LogP contribution >= 0.6 is 0 Å². The van der Waals surface area contributed by atoms with Crippen molar-refractivity contribution in [2.45, 2.75) is 0 Å². The van der Waals surface area contributed by atoms with Gasteiger partial charge < -0.3 is 30.3 Å². The Hall–Kier alpha value is -1.64. The van der Waals surface area contributed by atoms with Crippen molar-refractivity contribution in [1.29, 1.82) is 0 Å². The second kappa shape index (κ2) is 8.46. The Kier molecular flexibility index (Phi) is 6.59. The van der Waals surface area contributed by atoms with E-state index in [1.54, 1.807) is 7.11 Å². The lowest BCUT2D eigenvalue weighted by Crippen LogP contribution is -2.33. The first kappa shape index (κ1) is 18.7. The topological polar surface area (TPSA) is 91.0 Å². The third kappa shape index (κ3) is 4.68. The van der Waals surface area contributed by atoms with Crippen LogP contribution in [0.3, 0.4) is 0 Å². The van der Waals surface area contributed by atoms with Crippen LogP contribution in [0.2, 0.25) is 0 Å². The Morgan fingerprint density at radius 1 is 1.29 bits per heavy atom. The number of ether oxygens (including phenoxy) is 1. The summed E-state index contributed by atoms with van der Waals surface area (Å²) >= 11 is 0. The maximum atomic E-state index is 9.75. The van der Waals surface area contributed by atoms with Crippen molar-refractivity contribution in [3.8, 4) is 0 Å². The molecule has 1 aromatic heterocycles. The minimum atomic E-state index is 0.181. The van der Waals surface area contributed by atoms with Crippen LogP contribution in [-0.4, -0.2) is 87.6 Å². The van der Waals surface area contributed by atoms with Crippen molar-refractivity contribution >= 4 is 17.6 Å². The average Bonchev–Trinajstić information content (AvgIpc) is 2.95. The molecular weight excluding hydrogens is 308 g/mol. The fraction of sp³-hybridized carbons (Fsp3) is 0.750. The maximum absolute atomic E-state index is 9.75. The van der Waals surface area contributed by atoms with Crippen LogP contribution in [0.4, 0.5) is 17.6 Å². The third-order valence-corrected chi connectivity index (χ3v) is 4.53. The van der Waals surface area contributed by atoms with Crippen molar-refractivity contribution in [2.24, 2.45) is 11.8 Å². The van der Waals surface area contributed by atoms with Gasteiger partial charge in [-0.3, -0.25) is 0 Å². The van der Waals surface area contributed by atoms with Crippen LogP contribution in [0.15, 0.2) is 6.07 Å². The summed E-state index contributed by atoms with van der Waals surface area (Å²) < 4.78 is 5.13. The summed E-state index contributed by atoms with van der Waals surface area (Å²) in [4.78, 5) is 15.0. The van der Waals surface area contributed by atoms with Gasteiger partial charge in [0.25, 0.3) is 0 Å². The van der Waals surface area contributed by atoms with E-state index in [1.807, 2.05) is 25.1 Å². The molecule has 0 radical (unpaired) electrons. The first-order chi connectivity index (χ1) is 11.4. The monoisotopic (exact) mass is 338 g/mol. The molecule has 1 aromatic rings. The number of hydrogen-bond donors (Lipinski definition) is 2. The molecule has 0 bridgehead atoms. The summed E-state index contributed by atoms with van der Waals surface area (Å²) in [5.41, 5.74) is 5.86. The lowest BCUT2D eigenvalue weighted by molar-refractivity contribution is 0.136. The average molecular weight is 338 g/mol. The molecule has 2 heterocycles. The van der Waals surface area contributed by atoms with E-state index in [0.29, 0.717) is 12.5 Å². The van der Waals surface area contributed by atoms with E-state index in [-0.39, 0.29) is 18.5 Å². The molecule has 0 saturated carbocycles. The molecule has 8 heteroatoms. The SMILES string of the molecule is COCCN(C)C[C@@H]1CN(c2cc(N(C)C)nc(N)n2)C[C@@H]1CO. The molecule has 2 atom stereocenters. The van der Waals surface area contributed by atoms with Gasteiger partial charge in [0.1, 0.15) is 11.6 Å². The van der Waals surface area contributed by atoms with Gasteiger partial charge in [-0.1, -0.05) is 0 Å². The smallest absolute Gasteiger partial charge is 0.223 e. The molecular formula is C16H30N6O2. The Morgan fingerprint density at radius 3 is 2.62 bits per heavy atom. The summed E-state index contributed by atoms with van der Waals surface area (Å²) in [5.74, 6) is 2.51. The van der Waals surface area contributed by atoms with E-state index in [1.165, 1.54) is 0 Å². The number of rotatable bonds is 8. The number of nitrogen functional groups attached to an aromatic ring is 1. The van der Waals surface area contributed by atoms with Crippen molar-refractivity contribution in [1.82, 2.24) is 14.9 Å². The van der Waals surface area contributed by atoms with Gasteiger partial charge in [-0.15, -0.1) is 0 Å². The zero-order valence-corrected chi connectivity index (χ0v) is 15.1. The number of aliphatic hydroxyl groups is 1. The third-order valence-electron chi connectivity index (χ3n) is 4.53. The largest absolute Gasteiger partial charge is 0.396 e. The van der Waals surface area contributed by atoms with Gasteiger partial charge in [0.15, 0.2) is 0 Å². The van der Waals surface area contributed by atoms with Crippen LogP contribution in [0.25, 0.3) is 0 Å². The van der Waals surface area contributed by atoms with Gasteiger partial charge in [-0.2, -0.15) is 9.97 Å². The summed E-state index contributed by atoms with van der Waals surface area (Å²) in [6, 6.07) is 1.95. The van der Waals surface area contributed by atoms with Crippen molar-refractivity contribution < 1.29 is 9.84 Å². The molecule has 0 aliphatic carbocycles. The van der Waals surface area contributed by atoms with Crippen molar-refractivity contribution in [3.63, 3.8) is 0 Å². The normalized spacial score (nSPS) is 20.8. The minimum absolute atomic E-state index is 0.181. The molecule has 0 aromatic carbocycles. The van der Waals surface area contributed by atoms with Crippen LogP contribution in [0, 0.1) is 11.8 Å². The molecule has 1 saturated heterocycles. The van der Waals surface area contributed by atoms with Gasteiger partial charge in [-0.25, -0.2) is 0 Å². The fourth-order valence-electron chi connectivity index (χ4n) is 3.11. The summed E-state index contributed by atoms with van der Waals surface area (Å²) in [7, 11) is 7.66. The lowest BCUT2D eigenvalue weighted by atomic mass is 9.96. The van der Waals surface area contributed by atoms with E-state index in [9.17, 15) is 5.11 Å². The molecule has 0 amide bonds. The standard InChI is InChI=1S/C16H30N6O2/c1-20(2)14-7-15(19-16(17)18-14)22-9-12(13(10-22)11-23)8-21(3)5-6-24-4/h7,12-13,23H,5-6,8-11H2,1-4H3,(H2,17,18,19)/t12-,13-/m1/s1. The van der Waals surface area contributed by atoms with Crippen molar-refractivity contribution in [2.75, 3.05) is 83.2 Å². The summed E-state index contributed by atoms with van der Waals surface area (Å²) in [6.07, 6.45) is 0. The van der Waals surface area contributed by atoms with E-state index >= 15 is 0 Å². The second-order valence-corrected chi connectivity index (χ2v) is 6.70. The summed E-state index contributed by atoms with van der Waals surface area (Å²) in [6.45, 7) is 4.34. The zero-order chi connectivity index (χ0) is 17.7. The first-order valence-corrected chi connectivity index (χ1v) is 8.29. The van der Waals surface area contributed by atoms with E-state index in [4.69, 9.17) is 10.5 Å². The zero-order valence-electron chi connectivity index (χ0n) is 15.1. The number of nitrogens with two attached hydrogens (primary N) is 1. The molecule has 1 aliphatic rings. The predicted molar refractivity (Wildman–Crippen MR) is 96.4 cm³/mol. The molecule has 1 aliphatic heterocycles. The number of methoxy groups -OCH3 is 1. The van der Waals surface area contributed by atoms with Crippen LogP contribution in [-0.2, 0) is 4.74 Å². The fourth-order valence-corrected chi connectivity index (χ4v) is 3.11. The lowest BCUT2D eigenvalue weighted by Gasteiger charge is -2.23. The van der Waals surface area contributed by atoms with E-state index in [0.717, 1.165) is 37.8 Å². The molecule has 3 N–H and O–H groups in total. The molecule has 2 rings (SSSR count). The molecule has 0 spiro atoms. The van der Waals surface area contributed by atoms with Crippen molar-refractivity contribution in [3.05, 3.63) is 6.07 Å². The quantitative estimate of drug-likeness (QED) is 0.670. The minimum Gasteiger partial charge on any atom is -0.396 e. The number of aromatic nitrogens is 2. The van der Waals surface area contributed by atoms with Crippen LogP contribution in [0.5, 0.6) is 0 Å². The highest BCUT2D eigenvalue weighted by molar-refractivity contribution is 5.54. The first-order valence-electron chi connectivity index (χ1n) is 8.29.